The summed E-state index contributed by atoms with van der Waals surface area (Å²) in [6, 6.07) is 16.4. The quantitative estimate of drug-likeness (QED) is 0.790. The largest absolute Gasteiger partial charge is 0.394 e. The van der Waals surface area contributed by atoms with Crippen LogP contribution in [0.15, 0.2) is 54.6 Å². The molecule has 0 radical (unpaired) electrons. The molecule has 2 amide bonds. The lowest BCUT2D eigenvalue weighted by Crippen LogP contribution is -2.34. The normalized spacial score (nSPS) is 11.7. The molecule has 4 nitrogen and oxygen atoms in total. The first kappa shape index (κ1) is 15.1. The average Bonchev–Trinajstić information content (AvgIpc) is 2.54. The minimum atomic E-state index is -0.417. The zero-order chi connectivity index (χ0) is 15.1. The van der Waals surface area contributed by atoms with Gasteiger partial charge in [0.2, 0.25) is 0 Å². The molecule has 1 unspecified atom stereocenters. The van der Waals surface area contributed by atoms with E-state index in [0.29, 0.717) is 0 Å². The molecule has 1 atom stereocenters. The van der Waals surface area contributed by atoms with Crippen molar-refractivity contribution < 1.29 is 9.90 Å². The SMILES string of the molecule is CCc1ccccc1NC(=O)NC(CO)c1ccccc1. The van der Waals surface area contributed by atoms with Gasteiger partial charge >= 0.3 is 6.03 Å². The topological polar surface area (TPSA) is 61.4 Å². The fourth-order valence-electron chi connectivity index (χ4n) is 2.19. The van der Waals surface area contributed by atoms with Crippen LogP contribution in [0.4, 0.5) is 10.5 Å². The van der Waals surface area contributed by atoms with Gasteiger partial charge in [-0.2, -0.15) is 0 Å². The van der Waals surface area contributed by atoms with Gasteiger partial charge in [-0.05, 0) is 23.6 Å². The van der Waals surface area contributed by atoms with Gasteiger partial charge in [0.15, 0.2) is 0 Å². The van der Waals surface area contributed by atoms with Crippen molar-refractivity contribution in [3.63, 3.8) is 0 Å². The molecule has 21 heavy (non-hydrogen) atoms. The van der Waals surface area contributed by atoms with Crippen LogP contribution in [0.25, 0.3) is 0 Å². The highest BCUT2D eigenvalue weighted by molar-refractivity contribution is 5.90. The van der Waals surface area contributed by atoms with Crippen LogP contribution in [0, 0.1) is 0 Å². The van der Waals surface area contributed by atoms with Gasteiger partial charge in [-0.15, -0.1) is 0 Å². The molecule has 2 aromatic rings. The Hall–Kier alpha value is -2.33. The van der Waals surface area contributed by atoms with Gasteiger partial charge in [0, 0.05) is 5.69 Å². The lowest BCUT2D eigenvalue weighted by molar-refractivity contribution is 0.225. The number of hydrogen-bond donors (Lipinski definition) is 3. The summed E-state index contributed by atoms with van der Waals surface area (Å²) in [4.78, 5) is 12.1. The summed E-state index contributed by atoms with van der Waals surface area (Å²) in [5.74, 6) is 0. The number of rotatable bonds is 5. The van der Waals surface area contributed by atoms with Crippen LogP contribution in [0.3, 0.4) is 0 Å². The van der Waals surface area contributed by atoms with Crippen molar-refractivity contribution in [2.24, 2.45) is 0 Å². The molecule has 0 aromatic heterocycles. The summed E-state index contributed by atoms with van der Waals surface area (Å²) >= 11 is 0. The molecule has 0 bridgehead atoms. The first-order valence-corrected chi connectivity index (χ1v) is 7.05. The van der Waals surface area contributed by atoms with Gasteiger partial charge in [0.05, 0.1) is 12.6 Å². The predicted molar refractivity (Wildman–Crippen MR) is 84.2 cm³/mol. The number of para-hydroxylation sites is 1. The second-order valence-corrected chi connectivity index (χ2v) is 4.76. The molecule has 0 fully saturated rings. The molecule has 4 heteroatoms. The Balaban J connectivity index is 2.03. The van der Waals surface area contributed by atoms with E-state index in [1.165, 1.54) is 0 Å². The van der Waals surface area contributed by atoms with Crippen molar-refractivity contribution in [2.45, 2.75) is 19.4 Å². The minimum Gasteiger partial charge on any atom is -0.394 e. The zero-order valence-corrected chi connectivity index (χ0v) is 12.0. The van der Waals surface area contributed by atoms with Gasteiger partial charge in [0.1, 0.15) is 0 Å². The number of anilines is 1. The third kappa shape index (κ3) is 4.07. The third-order valence-corrected chi connectivity index (χ3v) is 3.34. The molecule has 0 saturated carbocycles. The van der Waals surface area contributed by atoms with Crippen LogP contribution in [-0.2, 0) is 6.42 Å². The van der Waals surface area contributed by atoms with Crippen molar-refractivity contribution in [3.8, 4) is 0 Å². The third-order valence-electron chi connectivity index (χ3n) is 3.34. The van der Waals surface area contributed by atoms with Crippen molar-refractivity contribution in [3.05, 3.63) is 65.7 Å². The number of benzene rings is 2. The lowest BCUT2D eigenvalue weighted by atomic mass is 10.1. The average molecular weight is 284 g/mol. The number of aliphatic hydroxyl groups excluding tert-OH is 1. The van der Waals surface area contributed by atoms with Crippen LogP contribution in [-0.4, -0.2) is 17.7 Å². The smallest absolute Gasteiger partial charge is 0.319 e. The Labute approximate surface area is 124 Å². The molecule has 0 aliphatic rings. The summed E-state index contributed by atoms with van der Waals surface area (Å²) in [6.07, 6.45) is 0.846. The highest BCUT2D eigenvalue weighted by Gasteiger charge is 2.13. The molecule has 2 aromatic carbocycles. The van der Waals surface area contributed by atoms with Gasteiger partial charge in [-0.3, -0.25) is 0 Å². The van der Waals surface area contributed by atoms with Crippen LogP contribution in [0.1, 0.15) is 24.1 Å². The molecule has 0 aliphatic carbocycles. The predicted octanol–water partition coefficient (Wildman–Crippen LogP) is 3.10. The van der Waals surface area contributed by atoms with E-state index in [1.54, 1.807) is 0 Å². The fourth-order valence-corrected chi connectivity index (χ4v) is 2.19. The van der Waals surface area contributed by atoms with E-state index < -0.39 is 6.04 Å². The molecule has 0 aliphatic heterocycles. The summed E-state index contributed by atoms with van der Waals surface area (Å²) in [6.45, 7) is 1.89. The summed E-state index contributed by atoms with van der Waals surface area (Å²) in [7, 11) is 0. The number of nitrogens with one attached hydrogen (secondary N) is 2. The summed E-state index contributed by atoms with van der Waals surface area (Å²) in [5.41, 5.74) is 2.74. The fraction of sp³-hybridized carbons (Fsp3) is 0.235. The zero-order valence-electron chi connectivity index (χ0n) is 12.0. The Bertz CT molecular complexity index is 584. The molecule has 2 rings (SSSR count). The second-order valence-electron chi connectivity index (χ2n) is 4.76. The molecule has 0 spiro atoms. The molecule has 110 valence electrons. The maximum atomic E-state index is 12.1. The highest BCUT2D eigenvalue weighted by Crippen LogP contribution is 2.16. The van der Waals surface area contributed by atoms with Gasteiger partial charge < -0.3 is 15.7 Å². The van der Waals surface area contributed by atoms with Gasteiger partial charge in [-0.25, -0.2) is 4.79 Å². The number of aryl methyl sites for hydroxylation is 1. The van der Waals surface area contributed by atoms with Crippen molar-refractivity contribution in [2.75, 3.05) is 11.9 Å². The molecular formula is C17H20N2O2. The Morgan fingerprint density at radius 3 is 2.43 bits per heavy atom. The molecule has 3 N–H and O–H groups in total. The summed E-state index contributed by atoms with van der Waals surface area (Å²) in [5, 5.41) is 15.1. The minimum absolute atomic E-state index is 0.146. The monoisotopic (exact) mass is 284 g/mol. The van der Waals surface area contributed by atoms with Gasteiger partial charge in [-0.1, -0.05) is 55.5 Å². The first-order valence-electron chi connectivity index (χ1n) is 7.05. The van der Waals surface area contributed by atoms with E-state index in [0.717, 1.165) is 23.2 Å². The van der Waals surface area contributed by atoms with E-state index >= 15 is 0 Å². The number of carbonyl (C=O) groups excluding carboxylic acids is 1. The highest BCUT2D eigenvalue weighted by atomic mass is 16.3. The number of urea groups is 1. The Kier molecular flexibility index (Phi) is 5.35. The molecule has 0 saturated heterocycles. The van der Waals surface area contributed by atoms with Crippen molar-refractivity contribution in [1.82, 2.24) is 5.32 Å². The van der Waals surface area contributed by atoms with E-state index in [-0.39, 0.29) is 12.6 Å². The number of amides is 2. The number of carbonyl (C=O) groups is 1. The number of aliphatic hydroxyl groups is 1. The van der Waals surface area contributed by atoms with Crippen LogP contribution in [0.2, 0.25) is 0 Å². The lowest BCUT2D eigenvalue weighted by Gasteiger charge is -2.18. The van der Waals surface area contributed by atoms with Crippen LogP contribution < -0.4 is 10.6 Å². The second kappa shape index (κ2) is 7.45. The van der Waals surface area contributed by atoms with Crippen molar-refractivity contribution >= 4 is 11.7 Å². The number of hydrogen-bond acceptors (Lipinski definition) is 2. The maximum Gasteiger partial charge on any atom is 0.319 e. The van der Waals surface area contributed by atoms with Crippen LogP contribution in [0.5, 0.6) is 0 Å². The van der Waals surface area contributed by atoms with Crippen molar-refractivity contribution in [1.29, 1.82) is 0 Å². The van der Waals surface area contributed by atoms with Gasteiger partial charge in [0.25, 0.3) is 0 Å². The van der Waals surface area contributed by atoms with E-state index in [2.05, 4.69) is 10.6 Å². The molecular weight excluding hydrogens is 264 g/mol. The van der Waals surface area contributed by atoms with E-state index in [4.69, 9.17) is 0 Å². The summed E-state index contributed by atoms with van der Waals surface area (Å²) < 4.78 is 0. The molecule has 0 heterocycles. The van der Waals surface area contributed by atoms with Crippen LogP contribution >= 0.6 is 0 Å². The first-order chi connectivity index (χ1) is 10.2. The Morgan fingerprint density at radius 2 is 1.76 bits per heavy atom. The standard InChI is InChI=1S/C17H20N2O2/c1-2-13-8-6-7-11-15(13)18-17(21)19-16(12-20)14-9-4-3-5-10-14/h3-11,16,20H,2,12H2,1H3,(H2,18,19,21). The Morgan fingerprint density at radius 1 is 1.10 bits per heavy atom. The van der Waals surface area contributed by atoms with E-state index in [9.17, 15) is 9.90 Å². The maximum absolute atomic E-state index is 12.1. The van der Waals surface area contributed by atoms with E-state index in [1.807, 2.05) is 61.5 Å².